The van der Waals surface area contributed by atoms with Crippen LogP contribution in [0.15, 0.2) is 29.4 Å². The Labute approximate surface area is 145 Å². The third-order valence-electron chi connectivity index (χ3n) is 3.17. The van der Waals surface area contributed by atoms with Crippen molar-refractivity contribution >= 4 is 28.7 Å². The van der Waals surface area contributed by atoms with E-state index < -0.39 is 0 Å². The number of ether oxygens (including phenoxy) is 2. The van der Waals surface area contributed by atoms with Gasteiger partial charge in [0.15, 0.2) is 0 Å². The summed E-state index contributed by atoms with van der Waals surface area (Å²) in [5.41, 5.74) is 4.37. The molecule has 1 heterocycles. The molecular weight excluding hydrogens is 326 g/mol. The van der Waals surface area contributed by atoms with Crippen LogP contribution in [0.4, 0.5) is 5.13 Å². The molecule has 0 aliphatic rings. The number of hydrogen-bond acceptors (Lipinski definition) is 7. The molecule has 0 amide bonds. The summed E-state index contributed by atoms with van der Waals surface area (Å²) in [4.78, 5) is 16.3. The smallest absolute Gasteiger partial charge is 0.350 e. The Morgan fingerprint density at radius 3 is 3.04 bits per heavy atom. The van der Waals surface area contributed by atoms with E-state index in [1.54, 1.807) is 13.1 Å². The Morgan fingerprint density at radius 1 is 1.46 bits per heavy atom. The van der Waals surface area contributed by atoms with E-state index in [4.69, 9.17) is 9.47 Å². The summed E-state index contributed by atoms with van der Waals surface area (Å²) >= 11 is 1.21. The molecule has 1 N–H and O–H groups in total. The van der Waals surface area contributed by atoms with Crippen LogP contribution in [0.5, 0.6) is 5.75 Å². The van der Waals surface area contributed by atoms with E-state index in [1.165, 1.54) is 18.4 Å². The van der Waals surface area contributed by atoms with Gasteiger partial charge < -0.3 is 9.47 Å². The van der Waals surface area contributed by atoms with E-state index in [2.05, 4.69) is 22.4 Å². The first kappa shape index (κ1) is 17.9. The summed E-state index contributed by atoms with van der Waals surface area (Å²) in [6, 6.07) is 7.71. The van der Waals surface area contributed by atoms with Crippen LogP contribution in [0.25, 0.3) is 0 Å². The van der Waals surface area contributed by atoms with Gasteiger partial charge in [-0.2, -0.15) is 5.10 Å². The van der Waals surface area contributed by atoms with Gasteiger partial charge in [-0.3, -0.25) is 5.43 Å². The number of aryl methyl sites for hydroxylation is 1. The molecule has 24 heavy (non-hydrogen) atoms. The zero-order valence-corrected chi connectivity index (χ0v) is 14.9. The molecule has 0 spiro atoms. The zero-order chi connectivity index (χ0) is 17.4. The Bertz CT molecular complexity index is 713. The second kappa shape index (κ2) is 9.02. The van der Waals surface area contributed by atoms with Gasteiger partial charge in [0, 0.05) is 0 Å². The van der Waals surface area contributed by atoms with Crippen LogP contribution < -0.4 is 10.2 Å². The number of carbonyl (C=O) groups is 1. The fourth-order valence-corrected chi connectivity index (χ4v) is 2.74. The van der Waals surface area contributed by atoms with E-state index >= 15 is 0 Å². The average molecular weight is 347 g/mol. The number of esters is 1. The lowest BCUT2D eigenvalue weighted by atomic mass is 10.2. The number of carbonyl (C=O) groups excluding carboxylic acids is 1. The summed E-state index contributed by atoms with van der Waals surface area (Å²) in [6.45, 7) is 4.60. The average Bonchev–Trinajstić information content (AvgIpc) is 2.95. The largest absolute Gasteiger partial charge is 0.494 e. The van der Waals surface area contributed by atoms with Gasteiger partial charge in [0.1, 0.15) is 10.6 Å². The summed E-state index contributed by atoms with van der Waals surface area (Å²) in [7, 11) is 1.35. The number of hydrogen-bond donors (Lipinski definition) is 1. The summed E-state index contributed by atoms with van der Waals surface area (Å²) in [5, 5.41) is 4.70. The summed E-state index contributed by atoms with van der Waals surface area (Å²) in [6.07, 6.45) is 3.82. The first-order chi connectivity index (χ1) is 11.6. The minimum absolute atomic E-state index is 0.390. The molecule has 0 fully saturated rings. The first-order valence-electron chi connectivity index (χ1n) is 7.71. The molecule has 0 saturated heterocycles. The first-order valence-corrected chi connectivity index (χ1v) is 8.53. The van der Waals surface area contributed by atoms with Gasteiger partial charge in [-0.05, 0) is 31.0 Å². The number of benzene rings is 1. The maximum Gasteiger partial charge on any atom is 0.350 e. The minimum atomic E-state index is -0.390. The maximum atomic E-state index is 11.6. The second-order valence-electron chi connectivity index (χ2n) is 5.07. The van der Waals surface area contributed by atoms with Gasteiger partial charge in [0.25, 0.3) is 0 Å². The number of hydrazone groups is 1. The Morgan fingerprint density at radius 2 is 2.29 bits per heavy atom. The van der Waals surface area contributed by atoms with Crippen LogP contribution in [0.1, 0.15) is 40.7 Å². The molecule has 7 heteroatoms. The highest BCUT2D eigenvalue weighted by atomic mass is 32.1. The van der Waals surface area contributed by atoms with Crippen LogP contribution in [-0.4, -0.2) is 30.9 Å². The minimum Gasteiger partial charge on any atom is -0.494 e. The topological polar surface area (TPSA) is 72.8 Å². The quantitative estimate of drug-likeness (QED) is 0.340. The molecule has 1 aromatic heterocycles. The van der Waals surface area contributed by atoms with Crippen molar-refractivity contribution in [1.29, 1.82) is 0 Å². The molecule has 0 bridgehead atoms. The predicted octanol–water partition coefficient (Wildman–Crippen LogP) is 3.86. The molecule has 0 atom stereocenters. The van der Waals surface area contributed by atoms with E-state index in [1.807, 2.05) is 24.3 Å². The van der Waals surface area contributed by atoms with E-state index in [-0.39, 0.29) is 5.97 Å². The zero-order valence-electron chi connectivity index (χ0n) is 14.0. The molecule has 1 aromatic carbocycles. The van der Waals surface area contributed by atoms with Crippen molar-refractivity contribution in [1.82, 2.24) is 4.98 Å². The number of anilines is 1. The molecule has 2 aromatic rings. The summed E-state index contributed by atoms with van der Waals surface area (Å²) < 4.78 is 10.4. The molecule has 0 radical (unpaired) electrons. The molecule has 0 unspecified atom stereocenters. The Kier molecular flexibility index (Phi) is 6.74. The lowest BCUT2D eigenvalue weighted by Crippen LogP contribution is -1.99. The van der Waals surface area contributed by atoms with Gasteiger partial charge in [0.2, 0.25) is 5.13 Å². The van der Waals surface area contributed by atoms with Crippen molar-refractivity contribution < 1.29 is 14.3 Å². The Balaban J connectivity index is 1.96. The van der Waals surface area contributed by atoms with Gasteiger partial charge in [-0.15, -0.1) is 0 Å². The normalized spacial score (nSPS) is 10.8. The van der Waals surface area contributed by atoms with Gasteiger partial charge >= 0.3 is 5.97 Å². The van der Waals surface area contributed by atoms with Gasteiger partial charge in [0.05, 0.1) is 25.6 Å². The number of thiazole rings is 1. The van der Waals surface area contributed by atoms with Crippen molar-refractivity contribution in [2.24, 2.45) is 5.10 Å². The van der Waals surface area contributed by atoms with Crippen LogP contribution in [-0.2, 0) is 4.74 Å². The Hall–Kier alpha value is -2.41. The van der Waals surface area contributed by atoms with E-state index in [9.17, 15) is 4.79 Å². The second-order valence-corrected chi connectivity index (χ2v) is 6.07. The fraction of sp³-hybridized carbons (Fsp3) is 0.353. The van der Waals surface area contributed by atoms with Crippen molar-refractivity contribution in [3.05, 3.63) is 40.4 Å². The van der Waals surface area contributed by atoms with Gasteiger partial charge in [-0.1, -0.05) is 36.8 Å². The summed E-state index contributed by atoms with van der Waals surface area (Å²) in [5.74, 6) is 0.435. The SMILES string of the molecule is CCCCOc1cccc(/C=N/Nc2nc(C)c(C(=O)OC)s2)c1. The monoisotopic (exact) mass is 347 g/mol. The van der Waals surface area contributed by atoms with Gasteiger partial charge in [-0.25, -0.2) is 9.78 Å². The number of nitrogens with zero attached hydrogens (tertiary/aromatic N) is 2. The molecule has 0 aliphatic heterocycles. The highest BCUT2D eigenvalue weighted by molar-refractivity contribution is 7.17. The van der Waals surface area contributed by atoms with E-state index in [0.717, 1.165) is 24.2 Å². The third kappa shape index (κ3) is 5.06. The van der Waals surface area contributed by atoms with Crippen molar-refractivity contribution in [3.8, 4) is 5.75 Å². The van der Waals surface area contributed by atoms with Crippen LogP contribution in [0, 0.1) is 6.92 Å². The predicted molar refractivity (Wildman–Crippen MR) is 96.3 cm³/mol. The molecule has 0 saturated carbocycles. The standard InChI is InChI=1S/C17H21N3O3S/c1-4-5-9-23-14-8-6-7-13(10-14)11-18-20-17-19-12(2)15(24-17)16(21)22-3/h6-8,10-11H,4-5,9H2,1-3H3,(H,19,20)/b18-11+. The highest BCUT2D eigenvalue weighted by Crippen LogP contribution is 2.23. The number of methoxy groups -OCH3 is 1. The number of aromatic nitrogens is 1. The molecule has 2 rings (SSSR count). The fourth-order valence-electron chi connectivity index (χ4n) is 1.91. The van der Waals surface area contributed by atoms with Crippen molar-refractivity contribution in [2.45, 2.75) is 26.7 Å². The number of unbranched alkanes of at least 4 members (excludes halogenated alkanes) is 1. The molecule has 6 nitrogen and oxygen atoms in total. The molecular formula is C17H21N3O3S. The number of rotatable bonds is 8. The number of nitrogens with one attached hydrogen (secondary N) is 1. The molecule has 0 aliphatic carbocycles. The lowest BCUT2D eigenvalue weighted by molar-refractivity contribution is 0.0605. The van der Waals surface area contributed by atoms with Crippen molar-refractivity contribution in [2.75, 3.05) is 19.1 Å². The highest BCUT2D eigenvalue weighted by Gasteiger charge is 2.15. The van der Waals surface area contributed by atoms with Crippen LogP contribution >= 0.6 is 11.3 Å². The molecule has 128 valence electrons. The van der Waals surface area contributed by atoms with Crippen molar-refractivity contribution in [3.63, 3.8) is 0 Å². The lowest BCUT2D eigenvalue weighted by Gasteiger charge is -2.05. The van der Waals surface area contributed by atoms with Crippen LogP contribution in [0.2, 0.25) is 0 Å². The maximum absolute atomic E-state index is 11.6. The van der Waals surface area contributed by atoms with Crippen LogP contribution in [0.3, 0.4) is 0 Å². The third-order valence-corrected chi connectivity index (χ3v) is 4.21. The van der Waals surface area contributed by atoms with E-state index in [0.29, 0.717) is 22.3 Å².